The Balaban J connectivity index is 2.87. The molecule has 0 bridgehead atoms. The second-order valence-electron chi connectivity index (χ2n) is 4.62. The lowest BCUT2D eigenvalue weighted by molar-refractivity contribution is 0.282. The number of nitrogens with zero attached hydrogens (tertiary/aromatic N) is 4. The molecule has 1 heterocycles. The molecule has 7 heteroatoms. The van der Waals surface area contributed by atoms with Gasteiger partial charge in [0, 0.05) is 32.8 Å². The molecule has 3 N–H and O–H groups in total. The van der Waals surface area contributed by atoms with Crippen LogP contribution in [0.3, 0.4) is 0 Å². The molecule has 1 rings (SSSR count). The molecule has 0 radical (unpaired) electrons. The van der Waals surface area contributed by atoms with Crippen molar-refractivity contribution < 1.29 is 5.11 Å². The van der Waals surface area contributed by atoms with E-state index in [0.29, 0.717) is 17.8 Å². The minimum atomic E-state index is 0.204. The number of aliphatic hydroxyl groups excluding tert-OH is 1. The average molecular weight is 282 g/mol. The fourth-order valence-corrected chi connectivity index (χ4v) is 1.88. The second kappa shape index (κ2) is 8.52. The van der Waals surface area contributed by atoms with Crippen LogP contribution in [-0.4, -0.2) is 52.8 Å². The highest BCUT2D eigenvalue weighted by Gasteiger charge is 2.12. The van der Waals surface area contributed by atoms with Crippen LogP contribution in [0.4, 0.5) is 17.8 Å². The van der Waals surface area contributed by atoms with Crippen LogP contribution < -0.4 is 15.5 Å². The average Bonchev–Trinajstić information content (AvgIpc) is 2.46. The third-order valence-electron chi connectivity index (χ3n) is 3.06. The highest BCUT2D eigenvalue weighted by molar-refractivity contribution is 5.43. The fraction of sp³-hybridized carbons (Fsp3) is 0.769. The molecular weight excluding hydrogens is 256 g/mol. The first-order valence-corrected chi connectivity index (χ1v) is 7.20. The molecule has 114 valence electrons. The van der Waals surface area contributed by atoms with Gasteiger partial charge in [0.15, 0.2) is 0 Å². The number of nitrogens with one attached hydrogen (secondary N) is 2. The monoisotopic (exact) mass is 282 g/mol. The molecule has 1 aromatic heterocycles. The normalized spacial score (nSPS) is 12.1. The minimum Gasteiger partial charge on any atom is -0.396 e. The van der Waals surface area contributed by atoms with Crippen LogP contribution in [0, 0.1) is 0 Å². The van der Waals surface area contributed by atoms with Crippen LogP contribution in [0.25, 0.3) is 0 Å². The molecule has 0 spiro atoms. The molecule has 1 aromatic rings. The quantitative estimate of drug-likeness (QED) is 0.630. The SMILES string of the molecule is CCN(CC)c1nc(NC)nc(NC(C)CCCO)n1. The summed E-state index contributed by atoms with van der Waals surface area (Å²) >= 11 is 0. The fourth-order valence-electron chi connectivity index (χ4n) is 1.88. The van der Waals surface area contributed by atoms with Gasteiger partial charge < -0.3 is 20.6 Å². The van der Waals surface area contributed by atoms with Crippen molar-refractivity contribution in [3.05, 3.63) is 0 Å². The summed E-state index contributed by atoms with van der Waals surface area (Å²) in [7, 11) is 1.79. The highest BCUT2D eigenvalue weighted by Crippen LogP contribution is 2.14. The standard InChI is InChI=1S/C13H26N6O/c1-5-19(6-2)13-17-11(14-4)16-12(18-13)15-10(3)8-7-9-20/h10,20H,5-9H2,1-4H3,(H2,14,15,16,17,18). The molecule has 0 aliphatic carbocycles. The van der Waals surface area contributed by atoms with E-state index in [0.717, 1.165) is 25.9 Å². The summed E-state index contributed by atoms with van der Waals surface area (Å²) in [6.07, 6.45) is 1.64. The predicted octanol–water partition coefficient (Wildman–Crippen LogP) is 1.33. The molecule has 1 atom stereocenters. The summed E-state index contributed by atoms with van der Waals surface area (Å²) in [5, 5.41) is 15.1. The Labute approximate surface area is 120 Å². The second-order valence-corrected chi connectivity index (χ2v) is 4.62. The van der Waals surface area contributed by atoms with Gasteiger partial charge in [-0.2, -0.15) is 15.0 Å². The van der Waals surface area contributed by atoms with Crippen LogP contribution in [0.15, 0.2) is 0 Å². The van der Waals surface area contributed by atoms with E-state index in [1.54, 1.807) is 7.05 Å². The van der Waals surface area contributed by atoms with Crippen molar-refractivity contribution in [2.45, 2.75) is 39.7 Å². The molecular formula is C13H26N6O. The van der Waals surface area contributed by atoms with E-state index >= 15 is 0 Å². The van der Waals surface area contributed by atoms with Crippen molar-refractivity contribution in [1.29, 1.82) is 0 Å². The van der Waals surface area contributed by atoms with Crippen LogP contribution in [0.5, 0.6) is 0 Å². The lowest BCUT2D eigenvalue weighted by Gasteiger charge is -2.20. The largest absolute Gasteiger partial charge is 0.396 e. The van der Waals surface area contributed by atoms with Crippen molar-refractivity contribution in [2.24, 2.45) is 0 Å². The van der Waals surface area contributed by atoms with Crippen LogP contribution in [0.1, 0.15) is 33.6 Å². The molecule has 0 amide bonds. The lowest BCUT2D eigenvalue weighted by Crippen LogP contribution is -2.26. The van der Waals surface area contributed by atoms with Gasteiger partial charge >= 0.3 is 0 Å². The molecule has 1 unspecified atom stereocenters. The number of aromatic nitrogens is 3. The zero-order valence-electron chi connectivity index (χ0n) is 12.8. The van der Waals surface area contributed by atoms with Crippen molar-refractivity contribution in [3.8, 4) is 0 Å². The number of aliphatic hydroxyl groups is 1. The molecule has 0 saturated carbocycles. The lowest BCUT2D eigenvalue weighted by atomic mass is 10.2. The van der Waals surface area contributed by atoms with Gasteiger partial charge in [-0.25, -0.2) is 0 Å². The molecule has 7 nitrogen and oxygen atoms in total. The first-order valence-electron chi connectivity index (χ1n) is 7.20. The van der Waals surface area contributed by atoms with Gasteiger partial charge in [0.2, 0.25) is 17.8 Å². The smallest absolute Gasteiger partial charge is 0.231 e. The minimum absolute atomic E-state index is 0.204. The van der Waals surface area contributed by atoms with E-state index in [1.807, 2.05) is 0 Å². The number of hydrogen-bond donors (Lipinski definition) is 3. The molecule has 0 fully saturated rings. The number of rotatable bonds is 9. The molecule has 20 heavy (non-hydrogen) atoms. The highest BCUT2D eigenvalue weighted by atomic mass is 16.2. The Morgan fingerprint density at radius 2 is 1.80 bits per heavy atom. The summed E-state index contributed by atoms with van der Waals surface area (Å²) in [4.78, 5) is 15.2. The summed E-state index contributed by atoms with van der Waals surface area (Å²) in [5.74, 6) is 1.79. The van der Waals surface area contributed by atoms with Crippen molar-refractivity contribution in [1.82, 2.24) is 15.0 Å². The van der Waals surface area contributed by atoms with Crippen LogP contribution in [-0.2, 0) is 0 Å². The van der Waals surface area contributed by atoms with Crippen molar-refractivity contribution in [2.75, 3.05) is 42.3 Å². The molecule has 0 saturated heterocycles. The number of hydrogen-bond acceptors (Lipinski definition) is 7. The van der Waals surface area contributed by atoms with E-state index in [9.17, 15) is 0 Å². The summed E-state index contributed by atoms with van der Waals surface area (Å²) in [6.45, 7) is 8.10. The predicted molar refractivity (Wildman–Crippen MR) is 82.3 cm³/mol. The maximum absolute atomic E-state index is 8.86. The topological polar surface area (TPSA) is 86.2 Å². The zero-order valence-corrected chi connectivity index (χ0v) is 12.8. The maximum atomic E-state index is 8.86. The Morgan fingerprint density at radius 3 is 2.35 bits per heavy atom. The van der Waals surface area contributed by atoms with Crippen LogP contribution in [0.2, 0.25) is 0 Å². The van der Waals surface area contributed by atoms with Crippen molar-refractivity contribution in [3.63, 3.8) is 0 Å². The number of anilines is 3. The first kappa shape index (κ1) is 16.4. The Bertz CT molecular complexity index is 396. The molecule has 0 aliphatic rings. The van der Waals surface area contributed by atoms with E-state index in [1.165, 1.54) is 0 Å². The maximum Gasteiger partial charge on any atom is 0.231 e. The van der Waals surface area contributed by atoms with E-state index in [4.69, 9.17) is 5.11 Å². The Kier molecular flexibility index (Phi) is 7.00. The Hall–Kier alpha value is -1.63. The summed E-state index contributed by atoms with van der Waals surface area (Å²) in [6, 6.07) is 0.207. The van der Waals surface area contributed by atoms with E-state index < -0.39 is 0 Å². The zero-order chi connectivity index (χ0) is 15.0. The molecule has 0 aliphatic heterocycles. The Morgan fingerprint density at radius 1 is 1.15 bits per heavy atom. The van der Waals surface area contributed by atoms with Gasteiger partial charge in [0.05, 0.1) is 0 Å². The van der Waals surface area contributed by atoms with Gasteiger partial charge in [0.25, 0.3) is 0 Å². The van der Waals surface area contributed by atoms with Crippen LogP contribution >= 0.6 is 0 Å². The third-order valence-corrected chi connectivity index (χ3v) is 3.06. The van der Waals surface area contributed by atoms with Gasteiger partial charge in [-0.3, -0.25) is 0 Å². The van der Waals surface area contributed by atoms with Crippen molar-refractivity contribution >= 4 is 17.8 Å². The van der Waals surface area contributed by atoms with Gasteiger partial charge in [-0.15, -0.1) is 0 Å². The van der Waals surface area contributed by atoms with Gasteiger partial charge in [-0.05, 0) is 33.6 Å². The molecule has 0 aromatic carbocycles. The van der Waals surface area contributed by atoms with Gasteiger partial charge in [0.1, 0.15) is 0 Å². The van der Waals surface area contributed by atoms with E-state index in [-0.39, 0.29) is 12.6 Å². The summed E-state index contributed by atoms with van der Waals surface area (Å²) in [5.41, 5.74) is 0. The third kappa shape index (κ3) is 4.80. The first-order chi connectivity index (χ1) is 9.64. The van der Waals surface area contributed by atoms with E-state index in [2.05, 4.69) is 51.3 Å². The van der Waals surface area contributed by atoms with Gasteiger partial charge in [-0.1, -0.05) is 0 Å². The summed E-state index contributed by atoms with van der Waals surface area (Å²) < 4.78 is 0.